The molecule has 6 heteroatoms. The Hall–Kier alpha value is -1.66. The smallest absolute Gasteiger partial charge is 0.193 e. The van der Waals surface area contributed by atoms with Crippen LogP contribution >= 0.6 is 28.3 Å². The number of benzene rings is 2. The van der Waals surface area contributed by atoms with Gasteiger partial charge in [0.2, 0.25) is 0 Å². The molecular weight excluding hydrogens is 464 g/mol. The summed E-state index contributed by atoms with van der Waals surface area (Å²) in [5, 5.41) is 0. The lowest BCUT2D eigenvalue weighted by molar-refractivity contribution is 0.103. The van der Waals surface area contributed by atoms with Gasteiger partial charge in [-0.15, -0.1) is 12.4 Å². The van der Waals surface area contributed by atoms with Gasteiger partial charge in [0.25, 0.3) is 0 Å². The lowest BCUT2D eigenvalue weighted by Crippen LogP contribution is -2.41. The third-order valence-corrected chi connectivity index (χ3v) is 5.92. The van der Waals surface area contributed by atoms with E-state index in [0.29, 0.717) is 17.7 Å². The summed E-state index contributed by atoms with van der Waals surface area (Å²) in [6.45, 7) is 3.82. The fourth-order valence-electron chi connectivity index (χ4n) is 3.52. The van der Waals surface area contributed by atoms with Crippen molar-refractivity contribution in [2.45, 2.75) is 18.9 Å². The lowest BCUT2D eigenvalue weighted by atomic mass is 10.0. The zero-order chi connectivity index (χ0) is 20.6. The van der Waals surface area contributed by atoms with E-state index in [-0.39, 0.29) is 18.2 Å². The molecule has 3 rings (SSSR count). The van der Waals surface area contributed by atoms with Crippen molar-refractivity contribution in [3.63, 3.8) is 0 Å². The minimum Gasteiger partial charge on any atom is -0.490 e. The molecule has 1 aliphatic heterocycles. The van der Waals surface area contributed by atoms with Crippen LogP contribution in [0.2, 0.25) is 0 Å². The second-order valence-electron chi connectivity index (χ2n) is 7.64. The van der Waals surface area contributed by atoms with E-state index in [2.05, 4.69) is 52.0 Å². The van der Waals surface area contributed by atoms with Crippen LogP contribution < -0.4 is 4.74 Å². The molecule has 0 aliphatic carbocycles. The molecule has 1 heterocycles. The monoisotopic (exact) mass is 492 g/mol. The normalized spacial score (nSPS) is 15.3. The number of ether oxygens (including phenoxy) is 1. The van der Waals surface area contributed by atoms with Gasteiger partial charge in [0.05, 0.1) is 0 Å². The number of likely N-dealkylation sites (tertiary alicyclic amines) is 1. The van der Waals surface area contributed by atoms with E-state index in [4.69, 9.17) is 4.74 Å². The molecular formula is C24H30BrClN2O2. The summed E-state index contributed by atoms with van der Waals surface area (Å²) in [6, 6.07) is 15.5. The molecule has 0 amide bonds. The molecule has 0 bridgehead atoms. The van der Waals surface area contributed by atoms with Crippen molar-refractivity contribution in [1.29, 1.82) is 0 Å². The molecule has 0 atom stereocenters. The van der Waals surface area contributed by atoms with Gasteiger partial charge in [0, 0.05) is 28.2 Å². The van der Waals surface area contributed by atoms with Crippen LogP contribution in [-0.4, -0.2) is 62.0 Å². The Morgan fingerprint density at radius 3 is 2.17 bits per heavy atom. The molecule has 0 N–H and O–H groups in total. The highest BCUT2D eigenvalue weighted by Crippen LogP contribution is 2.18. The summed E-state index contributed by atoms with van der Waals surface area (Å²) in [5.41, 5.74) is 1.34. The van der Waals surface area contributed by atoms with E-state index in [0.717, 1.165) is 35.9 Å². The van der Waals surface area contributed by atoms with Crippen LogP contribution in [-0.2, 0) is 0 Å². The van der Waals surface area contributed by atoms with Crippen LogP contribution in [0.5, 0.6) is 5.75 Å². The summed E-state index contributed by atoms with van der Waals surface area (Å²) in [6.07, 6.45) is 6.73. The second-order valence-corrected chi connectivity index (χ2v) is 8.55. The molecule has 1 fully saturated rings. The first-order valence-corrected chi connectivity index (χ1v) is 10.9. The van der Waals surface area contributed by atoms with Gasteiger partial charge in [-0.25, -0.2) is 0 Å². The van der Waals surface area contributed by atoms with Crippen molar-refractivity contribution in [2.24, 2.45) is 0 Å². The summed E-state index contributed by atoms with van der Waals surface area (Å²) in [7, 11) is 4.33. The van der Waals surface area contributed by atoms with Crippen molar-refractivity contribution < 1.29 is 9.53 Å². The predicted octanol–water partition coefficient (Wildman–Crippen LogP) is 5.06. The first-order chi connectivity index (χ1) is 14.0. The molecule has 0 radical (unpaired) electrons. The maximum atomic E-state index is 12.5. The van der Waals surface area contributed by atoms with E-state index < -0.39 is 0 Å². The van der Waals surface area contributed by atoms with Crippen molar-refractivity contribution in [3.8, 4) is 5.75 Å². The third kappa shape index (κ3) is 7.24. The summed E-state index contributed by atoms with van der Waals surface area (Å²) in [5.74, 6) is 0.788. The van der Waals surface area contributed by atoms with E-state index in [1.807, 2.05) is 48.5 Å². The number of piperidine rings is 1. The molecule has 1 aliphatic rings. The van der Waals surface area contributed by atoms with Crippen LogP contribution in [0.3, 0.4) is 0 Å². The quantitative estimate of drug-likeness (QED) is 0.380. The van der Waals surface area contributed by atoms with Gasteiger partial charge in [0.1, 0.15) is 12.4 Å². The van der Waals surface area contributed by atoms with Crippen LogP contribution in [0.1, 0.15) is 28.8 Å². The Kier molecular flexibility index (Phi) is 10.1. The van der Waals surface area contributed by atoms with Gasteiger partial charge in [-0.05, 0) is 88.6 Å². The number of rotatable bonds is 8. The molecule has 0 unspecified atom stereocenters. The van der Waals surface area contributed by atoms with E-state index in [1.165, 1.54) is 12.8 Å². The van der Waals surface area contributed by atoms with Gasteiger partial charge in [0.15, 0.2) is 5.78 Å². The molecule has 162 valence electrons. The number of nitrogens with zero attached hydrogens (tertiary/aromatic N) is 2. The third-order valence-electron chi connectivity index (χ3n) is 5.39. The number of hydrogen-bond donors (Lipinski definition) is 0. The Bertz CT molecular complexity index is 814. The van der Waals surface area contributed by atoms with E-state index in [9.17, 15) is 4.79 Å². The number of halogens is 2. The van der Waals surface area contributed by atoms with Crippen LogP contribution in [0.25, 0.3) is 0 Å². The van der Waals surface area contributed by atoms with Crippen LogP contribution in [0.4, 0.5) is 0 Å². The summed E-state index contributed by atoms with van der Waals surface area (Å²) < 4.78 is 6.73. The Morgan fingerprint density at radius 2 is 1.60 bits per heavy atom. The molecule has 2 aromatic carbocycles. The van der Waals surface area contributed by atoms with Gasteiger partial charge in [-0.2, -0.15) is 0 Å². The second kappa shape index (κ2) is 12.3. The number of hydrogen-bond acceptors (Lipinski definition) is 4. The molecule has 0 aromatic heterocycles. The highest BCUT2D eigenvalue weighted by atomic mass is 79.9. The maximum absolute atomic E-state index is 12.5. The Balaban J connectivity index is 0.00000320. The zero-order valence-electron chi connectivity index (χ0n) is 17.6. The average molecular weight is 494 g/mol. The molecule has 0 spiro atoms. The van der Waals surface area contributed by atoms with Gasteiger partial charge in [-0.1, -0.05) is 28.1 Å². The maximum Gasteiger partial charge on any atom is 0.193 e. The van der Waals surface area contributed by atoms with Crippen molar-refractivity contribution in [2.75, 3.05) is 40.3 Å². The minimum absolute atomic E-state index is 0. The van der Waals surface area contributed by atoms with Crippen LogP contribution in [0, 0.1) is 0 Å². The van der Waals surface area contributed by atoms with E-state index >= 15 is 0 Å². The Labute approximate surface area is 194 Å². The van der Waals surface area contributed by atoms with Crippen molar-refractivity contribution >= 4 is 34.1 Å². The highest BCUT2D eigenvalue weighted by Gasteiger charge is 2.19. The summed E-state index contributed by atoms with van der Waals surface area (Å²) >= 11 is 3.39. The lowest BCUT2D eigenvalue weighted by Gasteiger charge is -2.34. The fourth-order valence-corrected chi connectivity index (χ4v) is 3.79. The van der Waals surface area contributed by atoms with E-state index in [1.54, 1.807) is 0 Å². The molecule has 4 nitrogen and oxygen atoms in total. The molecule has 2 aromatic rings. The topological polar surface area (TPSA) is 32.8 Å². The first kappa shape index (κ1) is 24.6. The highest BCUT2D eigenvalue weighted by molar-refractivity contribution is 9.10. The molecule has 0 saturated carbocycles. The zero-order valence-corrected chi connectivity index (χ0v) is 20.0. The van der Waals surface area contributed by atoms with Crippen LogP contribution in [0.15, 0.2) is 65.2 Å². The van der Waals surface area contributed by atoms with Crippen molar-refractivity contribution in [3.05, 3.63) is 76.3 Å². The van der Waals surface area contributed by atoms with Crippen molar-refractivity contribution in [1.82, 2.24) is 9.80 Å². The number of carbonyl (C=O) groups excluding carboxylic acids is 1. The predicted molar refractivity (Wildman–Crippen MR) is 129 cm³/mol. The van der Waals surface area contributed by atoms with Gasteiger partial charge in [-0.3, -0.25) is 9.69 Å². The average Bonchev–Trinajstić information content (AvgIpc) is 2.74. The van der Waals surface area contributed by atoms with Gasteiger partial charge >= 0.3 is 0 Å². The standard InChI is InChI=1S/C24H29BrN2O2.ClH/c1-26(2)22-13-16-27(17-14-22)15-3-4-18-29-23-11-7-20(8-12-23)24(28)19-5-9-21(25)10-6-19;/h3-12,22H,13-18H2,1-2H3;1H/b4-3+;. The molecule has 30 heavy (non-hydrogen) atoms. The SMILES string of the molecule is CN(C)C1CCN(C/C=C/COc2ccc(C(=O)c3ccc(Br)cc3)cc2)CC1.Cl. The largest absolute Gasteiger partial charge is 0.490 e. The minimum atomic E-state index is 0. The summed E-state index contributed by atoms with van der Waals surface area (Å²) in [4.78, 5) is 17.3. The molecule has 1 saturated heterocycles. The van der Waals surface area contributed by atoms with Gasteiger partial charge < -0.3 is 9.64 Å². The number of ketones is 1. The first-order valence-electron chi connectivity index (χ1n) is 10.1. The number of carbonyl (C=O) groups is 1. The Morgan fingerprint density at radius 1 is 1.03 bits per heavy atom. The fraction of sp³-hybridized carbons (Fsp3) is 0.375.